The minimum atomic E-state index is -3.43. The lowest BCUT2D eigenvalue weighted by Gasteiger charge is -2.30. The molecule has 29 heavy (non-hydrogen) atoms. The van der Waals surface area contributed by atoms with Crippen LogP contribution in [0.3, 0.4) is 0 Å². The van der Waals surface area contributed by atoms with Crippen LogP contribution in [-0.4, -0.2) is 47.8 Å². The molecule has 1 aromatic carbocycles. The molecule has 154 valence electrons. The second kappa shape index (κ2) is 8.25. The van der Waals surface area contributed by atoms with Crippen LogP contribution in [0.5, 0.6) is 0 Å². The predicted octanol–water partition coefficient (Wildman–Crippen LogP) is 2.62. The Hall–Kier alpha value is -2.23. The molecule has 7 nitrogen and oxygen atoms in total. The number of nitrogens with one attached hydrogen (secondary N) is 1. The summed E-state index contributed by atoms with van der Waals surface area (Å²) >= 11 is 1.23. The minimum absolute atomic E-state index is 0.000227. The molecule has 0 saturated carbocycles. The van der Waals surface area contributed by atoms with E-state index < -0.39 is 10.0 Å². The van der Waals surface area contributed by atoms with Crippen molar-refractivity contribution < 1.29 is 13.2 Å². The van der Waals surface area contributed by atoms with Crippen LogP contribution in [0, 0.1) is 12.8 Å². The van der Waals surface area contributed by atoms with Crippen LogP contribution in [0.15, 0.2) is 46.0 Å². The molecule has 3 heterocycles. The van der Waals surface area contributed by atoms with E-state index in [0.717, 1.165) is 16.9 Å². The number of imidazole rings is 1. The summed E-state index contributed by atoms with van der Waals surface area (Å²) in [6.07, 6.45) is 1.09. The number of amides is 1. The zero-order valence-corrected chi connectivity index (χ0v) is 17.9. The fourth-order valence-corrected chi connectivity index (χ4v) is 6.42. The van der Waals surface area contributed by atoms with Crippen molar-refractivity contribution in [3.8, 4) is 0 Å². The van der Waals surface area contributed by atoms with Gasteiger partial charge < -0.3 is 9.88 Å². The van der Waals surface area contributed by atoms with Crippen molar-refractivity contribution in [1.82, 2.24) is 19.2 Å². The molecular weight excluding hydrogens is 408 g/mol. The number of fused-ring (bicyclic) bond motifs is 1. The Balaban J connectivity index is 1.30. The first-order valence-corrected chi connectivity index (χ1v) is 12.0. The maximum atomic E-state index is 12.6. The van der Waals surface area contributed by atoms with Gasteiger partial charge in [-0.3, -0.25) is 4.79 Å². The molecule has 1 saturated heterocycles. The zero-order valence-electron chi connectivity index (χ0n) is 16.2. The maximum Gasteiger partial charge on any atom is 0.252 e. The number of aryl methyl sites for hydroxylation is 1. The predicted molar refractivity (Wildman–Crippen MR) is 113 cm³/mol. The van der Waals surface area contributed by atoms with Crippen molar-refractivity contribution in [2.24, 2.45) is 5.92 Å². The van der Waals surface area contributed by atoms with E-state index in [2.05, 4.69) is 14.9 Å². The first kappa shape index (κ1) is 20.1. The molecule has 2 aromatic heterocycles. The van der Waals surface area contributed by atoms with Crippen molar-refractivity contribution >= 4 is 38.3 Å². The van der Waals surface area contributed by atoms with Gasteiger partial charge in [0.25, 0.3) is 10.0 Å². The van der Waals surface area contributed by atoms with Crippen LogP contribution in [0.2, 0.25) is 0 Å². The van der Waals surface area contributed by atoms with E-state index in [0.29, 0.717) is 43.2 Å². The summed E-state index contributed by atoms with van der Waals surface area (Å²) in [7, 11) is -3.43. The molecule has 0 bridgehead atoms. The molecule has 1 aliphatic heterocycles. The molecule has 4 rings (SSSR count). The fraction of sp³-hybridized carbons (Fsp3) is 0.400. The van der Waals surface area contributed by atoms with E-state index in [9.17, 15) is 13.2 Å². The Bertz CT molecular complexity index is 1100. The molecule has 0 aliphatic carbocycles. The van der Waals surface area contributed by atoms with Gasteiger partial charge in [0.2, 0.25) is 5.91 Å². The highest BCUT2D eigenvalue weighted by Crippen LogP contribution is 2.26. The Morgan fingerprint density at radius 3 is 2.69 bits per heavy atom. The van der Waals surface area contributed by atoms with Gasteiger partial charge in [-0.25, -0.2) is 13.4 Å². The molecule has 1 amide bonds. The van der Waals surface area contributed by atoms with Crippen LogP contribution in [0.1, 0.15) is 18.7 Å². The average Bonchev–Trinajstić information content (AvgIpc) is 3.37. The van der Waals surface area contributed by atoms with Crippen molar-refractivity contribution in [2.75, 3.05) is 19.6 Å². The third-order valence-corrected chi connectivity index (χ3v) is 8.67. The van der Waals surface area contributed by atoms with Gasteiger partial charge in [-0.1, -0.05) is 18.2 Å². The minimum Gasteiger partial charge on any atom is -0.354 e. The maximum absolute atomic E-state index is 12.6. The van der Waals surface area contributed by atoms with E-state index in [1.54, 1.807) is 17.5 Å². The number of thiophene rings is 1. The summed E-state index contributed by atoms with van der Waals surface area (Å²) in [5.74, 6) is 0.776. The number of rotatable bonds is 6. The first-order valence-electron chi connectivity index (χ1n) is 9.70. The van der Waals surface area contributed by atoms with Crippen LogP contribution in [0.4, 0.5) is 0 Å². The molecule has 1 fully saturated rings. The number of para-hydroxylation sites is 2. The Labute approximate surface area is 174 Å². The zero-order chi connectivity index (χ0) is 20.4. The lowest BCUT2D eigenvalue weighted by atomic mass is 9.97. The smallest absolute Gasteiger partial charge is 0.252 e. The number of hydrogen-bond acceptors (Lipinski definition) is 5. The van der Waals surface area contributed by atoms with Crippen LogP contribution in [-0.2, 0) is 21.4 Å². The van der Waals surface area contributed by atoms with E-state index >= 15 is 0 Å². The number of hydrogen-bond donors (Lipinski definition) is 1. The summed E-state index contributed by atoms with van der Waals surface area (Å²) in [5, 5.41) is 4.77. The van der Waals surface area contributed by atoms with Gasteiger partial charge in [0.1, 0.15) is 10.0 Å². The lowest BCUT2D eigenvalue weighted by molar-refractivity contribution is -0.126. The molecule has 1 aliphatic rings. The van der Waals surface area contributed by atoms with Gasteiger partial charge >= 0.3 is 0 Å². The first-order chi connectivity index (χ1) is 14.0. The van der Waals surface area contributed by atoms with Gasteiger partial charge in [-0.2, -0.15) is 4.31 Å². The van der Waals surface area contributed by atoms with Gasteiger partial charge in [0, 0.05) is 32.1 Å². The topological polar surface area (TPSA) is 84.3 Å². The highest BCUT2D eigenvalue weighted by molar-refractivity contribution is 7.91. The van der Waals surface area contributed by atoms with Crippen molar-refractivity contribution in [2.45, 2.75) is 30.5 Å². The van der Waals surface area contributed by atoms with E-state index in [-0.39, 0.29) is 11.8 Å². The highest BCUT2D eigenvalue weighted by atomic mass is 32.2. The third-order valence-electron chi connectivity index (χ3n) is 5.39. The quantitative estimate of drug-likeness (QED) is 0.649. The van der Waals surface area contributed by atoms with Gasteiger partial charge in [-0.05, 0) is 43.3 Å². The average molecular weight is 433 g/mol. The van der Waals surface area contributed by atoms with Gasteiger partial charge in [0.05, 0.1) is 11.0 Å². The summed E-state index contributed by atoms with van der Waals surface area (Å²) in [6.45, 7) is 3.90. The Kier molecular flexibility index (Phi) is 5.71. The van der Waals surface area contributed by atoms with Gasteiger partial charge in [0.15, 0.2) is 0 Å². The fourth-order valence-electron chi connectivity index (χ4n) is 3.81. The Morgan fingerprint density at radius 2 is 1.97 bits per heavy atom. The highest BCUT2D eigenvalue weighted by Gasteiger charge is 2.32. The summed E-state index contributed by atoms with van der Waals surface area (Å²) in [5.41, 5.74) is 2.02. The number of carbonyl (C=O) groups excluding carboxylic acids is 1. The second-order valence-electron chi connectivity index (χ2n) is 7.20. The number of carbonyl (C=O) groups is 1. The van der Waals surface area contributed by atoms with Crippen molar-refractivity contribution in [3.05, 3.63) is 47.6 Å². The number of piperidine rings is 1. The molecule has 0 radical (unpaired) electrons. The van der Waals surface area contributed by atoms with Crippen LogP contribution < -0.4 is 5.32 Å². The number of benzene rings is 1. The van der Waals surface area contributed by atoms with Crippen molar-refractivity contribution in [3.63, 3.8) is 0 Å². The number of nitrogens with zero attached hydrogens (tertiary/aromatic N) is 3. The second-order valence-corrected chi connectivity index (χ2v) is 10.3. The SMILES string of the molecule is Cc1nc2ccccc2n1CCNC(=O)C1CCN(S(=O)(=O)c2cccs2)CC1. The standard InChI is InChI=1S/C20H24N4O3S2/c1-15-22-17-5-2-3-6-18(17)24(15)13-10-21-20(25)16-8-11-23(12-9-16)29(26,27)19-7-4-14-28-19/h2-7,14,16H,8-13H2,1H3,(H,21,25). The molecule has 9 heteroatoms. The van der Waals surface area contributed by atoms with Crippen LogP contribution in [0.25, 0.3) is 11.0 Å². The molecule has 0 atom stereocenters. The Morgan fingerprint density at radius 1 is 1.21 bits per heavy atom. The summed E-state index contributed by atoms with van der Waals surface area (Å²) < 4.78 is 29.1. The molecule has 3 aromatic rings. The number of sulfonamides is 1. The largest absolute Gasteiger partial charge is 0.354 e. The van der Waals surface area contributed by atoms with Crippen molar-refractivity contribution in [1.29, 1.82) is 0 Å². The summed E-state index contributed by atoms with van der Waals surface area (Å²) in [6, 6.07) is 11.3. The van der Waals surface area contributed by atoms with Gasteiger partial charge in [-0.15, -0.1) is 11.3 Å². The van der Waals surface area contributed by atoms with Crippen LogP contribution >= 0.6 is 11.3 Å². The third kappa shape index (κ3) is 4.08. The van der Waals surface area contributed by atoms with E-state index in [4.69, 9.17) is 0 Å². The normalized spacial score (nSPS) is 16.3. The number of aromatic nitrogens is 2. The molecule has 0 spiro atoms. The lowest BCUT2D eigenvalue weighted by Crippen LogP contribution is -2.43. The molecule has 0 unspecified atom stereocenters. The molecule has 1 N–H and O–H groups in total. The van der Waals surface area contributed by atoms with E-state index in [1.807, 2.05) is 31.2 Å². The summed E-state index contributed by atoms with van der Waals surface area (Å²) in [4.78, 5) is 17.1. The molecular formula is C20H24N4O3S2. The van der Waals surface area contributed by atoms with E-state index in [1.165, 1.54) is 15.6 Å². The monoisotopic (exact) mass is 432 g/mol.